The smallest absolute Gasteiger partial charge is 0.168 e. The van der Waals surface area contributed by atoms with E-state index in [1.807, 2.05) is 0 Å². The Morgan fingerprint density at radius 2 is 1.70 bits per heavy atom. The van der Waals surface area contributed by atoms with Crippen molar-refractivity contribution in [2.24, 2.45) is 17.3 Å². The number of ether oxygens (including phenoxy) is 2. The first kappa shape index (κ1) is 21.6. The predicted molar refractivity (Wildman–Crippen MR) is 113 cm³/mol. The van der Waals surface area contributed by atoms with Crippen LogP contribution in [0.1, 0.15) is 98.8 Å². The van der Waals surface area contributed by atoms with Crippen LogP contribution in [0.25, 0.3) is 0 Å². The van der Waals surface area contributed by atoms with Gasteiger partial charge in [0.15, 0.2) is 5.79 Å². The minimum Gasteiger partial charge on any atom is -0.347 e. The molecule has 27 heavy (non-hydrogen) atoms. The third-order valence-electron chi connectivity index (χ3n) is 8.29. The van der Waals surface area contributed by atoms with Gasteiger partial charge in [0.1, 0.15) is 0 Å². The molecule has 1 aliphatic heterocycles. The van der Waals surface area contributed by atoms with E-state index < -0.39 is 0 Å². The van der Waals surface area contributed by atoms with Crippen molar-refractivity contribution in [2.45, 2.75) is 117 Å². The number of hydrogen-bond donors (Lipinski definition) is 0. The fourth-order valence-electron chi connectivity index (χ4n) is 5.64. The monoisotopic (exact) mass is 379 g/mol. The highest BCUT2D eigenvalue weighted by Crippen LogP contribution is 2.48. The zero-order valence-corrected chi connectivity index (χ0v) is 18.8. The molecule has 3 fully saturated rings. The molecule has 3 nitrogen and oxygen atoms in total. The molecule has 2 saturated carbocycles. The second-order valence-electron chi connectivity index (χ2n) is 10.5. The summed E-state index contributed by atoms with van der Waals surface area (Å²) in [6.45, 7) is 15.2. The summed E-state index contributed by atoms with van der Waals surface area (Å²) in [5, 5.41) is 0. The van der Waals surface area contributed by atoms with Crippen molar-refractivity contribution in [3.8, 4) is 0 Å². The van der Waals surface area contributed by atoms with E-state index in [4.69, 9.17) is 9.47 Å². The second-order valence-corrected chi connectivity index (χ2v) is 10.5. The van der Waals surface area contributed by atoms with Crippen molar-refractivity contribution in [1.82, 2.24) is 4.90 Å². The molecule has 0 aromatic rings. The third-order valence-corrected chi connectivity index (χ3v) is 8.29. The van der Waals surface area contributed by atoms with Gasteiger partial charge in [0.2, 0.25) is 0 Å². The summed E-state index contributed by atoms with van der Waals surface area (Å²) in [5.41, 5.74) is 0.418. The van der Waals surface area contributed by atoms with Crippen LogP contribution in [0, 0.1) is 17.3 Å². The summed E-state index contributed by atoms with van der Waals surface area (Å²) in [6.07, 6.45) is 13.0. The number of rotatable bonds is 8. The molecular weight excluding hydrogens is 334 g/mol. The van der Waals surface area contributed by atoms with Crippen molar-refractivity contribution in [2.75, 3.05) is 19.7 Å². The van der Waals surface area contributed by atoms with E-state index in [2.05, 4.69) is 39.5 Å². The normalized spacial score (nSPS) is 33.0. The summed E-state index contributed by atoms with van der Waals surface area (Å²) < 4.78 is 12.8. The molecule has 0 amide bonds. The van der Waals surface area contributed by atoms with Gasteiger partial charge >= 0.3 is 0 Å². The van der Waals surface area contributed by atoms with Crippen molar-refractivity contribution in [3.05, 3.63) is 0 Å². The van der Waals surface area contributed by atoms with Crippen molar-refractivity contribution in [3.63, 3.8) is 0 Å². The Bertz CT molecular complexity index is 447. The van der Waals surface area contributed by atoms with Gasteiger partial charge in [-0.1, -0.05) is 47.5 Å². The Morgan fingerprint density at radius 3 is 2.30 bits per heavy atom. The molecule has 1 spiro atoms. The number of hydrogen-bond acceptors (Lipinski definition) is 3. The maximum Gasteiger partial charge on any atom is 0.168 e. The van der Waals surface area contributed by atoms with Gasteiger partial charge in [-0.3, -0.25) is 0 Å². The standard InChI is InChI=1S/C24H45NO2/c1-6-16-25(21-9-7-8-10-21)17-13-22-18-26-24(27-22)14-11-20(12-15-24)23(4,5)19(2)3/h19-22H,6-18H2,1-5H3. The SMILES string of the molecule is CCCN(CCC1COC2(CCC(C(C)(C)C(C)C)CC2)O1)C1CCCC1. The van der Waals surface area contributed by atoms with Crippen LogP contribution in [-0.2, 0) is 9.47 Å². The van der Waals surface area contributed by atoms with Gasteiger partial charge in [0.05, 0.1) is 12.7 Å². The fraction of sp³-hybridized carbons (Fsp3) is 1.00. The van der Waals surface area contributed by atoms with Crippen LogP contribution in [0.15, 0.2) is 0 Å². The Balaban J connectivity index is 1.46. The summed E-state index contributed by atoms with van der Waals surface area (Å²) in [6, 6.07) is 0.829. The molecule has 0 radical (unpaired) electrons. The minimum atomic E-state index is -0.253. The van der Waals surface area contributed by atoms with Gasteiger partial charge in [-0.25, -0.2) is 0 Å². The summed E-state index contributed by atoms with van der Waals surface area (Å²) >= 11 is 0. The van der Waals surface area contributed by atoms with Crippen LogP contribution in [0.3, 0.4) is 0 Å². The lowest BCUT2D eigenvalue weighted by atomic mass is 9.64. The molecule has 1 saturated heterocycles. The molecule has 1 heterocycles. The van der Waals surface area contributed by atoms with Crippen LogP contribution in [0.5, 0.6) is 0 Å². The van der Waals surface area contributed by atoms with Gasteiger partial charge in [-0.15, -0.1) is 0 Å². The zero-order chi connectivity index (χ0) is 19.5. The quantitative estimate of drug-likeness (QED) is 0.515. The molecule has 3 aliphatic rings. The highest BCUT2D eigenvalue weighted by atomic mass is 16.7. The lowest BCUT2D eigenvalue weighted by Gasteiger charge is -2.44. The number of nitrogens with zero attached hydrogens (tertiary/aromatic N) is 1. The van der Waals surface area contributed by atoms with Crippen LogP contribution in [0.2, 0.25) is 0 Å². The third kappa shape index (κ3) is 5.08. The molecule has 158 valence electrons. The minimum absolute atomic E-state index is 0.253. The van der Waals surface area contributed by atoms with E-state index in [0.717, 1.165) is 43.7 Å². The van der Waals surface area contributed by atoms with E-state index in [0.29, 0.717) is 11.5 Å². The maximum absolute atomic E-state index is 6.55. The van der Waals surface area contributed by atoms with Crippen molar-refractivity contribution in [1.29, 1.82) is 0 Å². The van der Waals surface area contributed by atoms with Gasteiger partial charge < -0.3 is 14.4 Å². The first-order valence-corrected chi connectivity index (χ1v) is 11.9. The highest BCUT2D eigenvalue weighted by Gasteiger charge is 2.47. The highest BCUT2D eigenvalue weighted by molar-refractivity contribution is 4.91. The van der Waals surface area contributed by atoms with Crippen LogP contribution in [-0.4, -0.2) is 42.5 Å². The molecule has 0 aromatic heterocycles. The van der Waals surface area contributed by atoms with Gasteiger partial charge in [0, 0.05) is 25.4 Å². The summed E-state index contributed by atoms with van der Waals surface area (Å²) in [5.74, 6) is 1.28. The Kier molecular flexibility index (Phi) is 7.30. The topological polar surface area (TPSA) is 21.7 Å². The molecular formula is C24H45NO2. The summed E-state index contributed by atoms with van der Waals surface area (Å²) in [7, 11) is 0. The molecule has 3 rings (SSSR count). The van der Waals surface area contributed by atoms with E-state index in [9.17, 15) is 0 Å². The Labute approximate surface area is 168 Å². The first-order chi connectivity index (χ1) is 12.9. The fourth-order valence-corrected chi connectivity index (χ4v) is 5.64. The van der Waals surface area contributed by atoms with Crippen LogP contribution < -0.4 is 0 Å². The molecule has 2 aliphatic carbocycles. The molecule has 3 heteroatoms. The molecule has 0 N–H and O–H groups in total. The first-order valence-electron chi connectivity index (χ1n) is 11.9. The molecule has 1 atom stereocenters. The van der Waals surface area contributed by atoms with Crippen LogP contribution >= 0.6 is 0 Å². The summed E-state index contributed by atoms with van der Waals surface area (Å²) in [4.78, 5) is 2.74. The van der Waals surface area contributed by atoms with E-state index >= 15 is 0 Å². The van der Waals surface area contributed by atoms with Gasteiger partial charge in [-0.05, 0) is 62.3 Å². The largest absolute Gasteiger partial charge is 0.347 e. The average Bonchev–Trinajstić information content (AvgIpc) is 3.30. The predicted octanol–water partition coefficient (Wildman–Crippen LogP) is 6.02. The van der Waals surface area contributed by atoms with Gasteiger partial charge in [0.25, 0.3) is 0 Å². The van der Waals surface area contributed by atoms with Crippen molar-refractivity contribution >= 4 is 0 Å². The lowest BCUT2D eigenvalue weighted by molar-refractivity contribution is -0.198. The maximum atomic E-state index is 6.55. The van der Waals surface area contributed by atoms with Crippen LogP contribution in [0.4, 0.5) is 0 Å². The molecule has 0 aromatic carbocycles. The Morgan fingerprint density at radius 1 is 1.04 bits per heavy atom. The lowest BCUT2D eigenvalue weighted by Crippen LogP contribution is -2.41. The second kappa shape index (κ2) is 9.13. The molecule has 1 unspecified atom stereocenters. The Hall–Kier alpha value is -0.120. The van der Waals surface area contributed by atoms with E-state index in [1.165, 1.54) is 58.0 Å². The average molecular weight is 380 g/mol. The van der Waals surface area contributed by atoms with Gasteiger partial charge in [-0.2, -0.15) is 0 Å². The van der Waals surface area contributed by atoms with Crippen molar-refractivity contribution < 1.29 is 9.47 Å². The molecule has 0 bridgehead atoms. The van der Waals surface area contributed by atoms with E-state index in [1.54, 1.807) is 0 Å². The zero-order valence-electron chi connectivity index (χ0n) is 18.8. The van der Waals surface area contributed by atoms with E-state index in [-0.39, 0.29) is 5.79 Å².